The number of alkyl carbamates (subject to hydrolysis) is 1. The number of aromatic nitrogens is 1. The first-order valence-electron chi connectivity index (χ1n) is 12.3. The molecule has 1 aliphatic carbocycles. The molecule has 1 heterocycles. The van der Waals surface area contributed by atoms with E-state index in [1.54, 1.807) is 0 Å². The number of Topliss-reactive ketones (excluding diaryl/α,β-unsaturated/α-hetero) is 1. The summed E-state index contributed by atoms with van der Waals surface area (Å²) in [6.07, 6.45) is 4.77. The Bertz CT molecular complexity index is 951. The van der Waals surface area contributed by atoms with E-state index in [4.69, 9.17) is 4.74 Å². The third-order valence-electron chi connectivity index (χ3n) is 6.53. The first-order chi connectivity index (χ1) is 15.5. The van der Waals surface area contributed by atoms with Gasteiger partial charge in [-0.3, -0.25) is 4.79 Å². The van der Waals surface area contributed by atoms with Crippen LogP contribution in [0.2, 0.25) is 0 Å². The van der Waals surface area contributed by atoms with Gasteiger partial charge in [0.2, 0.25) is 0 Å². The van der Waals surface area contributed by atoms with Gasteiger partial charge in [0, 0.05) is 31.1 Å². The van der Waals surface area contributed by atoms with E-state index in [1.165, 1.54) is 16.8 Å². The molecule has 0 aliphatic heterocycles. The second-order valence-electron chi connectivity index (χ2n) is 10.7. The molecule has 1 aromatic heterocycles. The number of nitrogens with zero attached hydrogens (tertiary/aromatic N) is 1. The predicted molar refractivity (Wildman–Crippen MR) is 133 cm³/mol. The lowest BCUT2D eigenvalue weighted by Crippen LogP contribution is -2.37. The monoisotopic (exact) mass is 452 g/mol. The van der Waals surface area contributed by atoms with E-state index >= 15 is 0 Å². The van der Waals surface area contributed by atoms with Crippen LogP contribution in [0, 0.1) is 0 Å². The molecule has 0 bridgehead atoms. The minimum atomic E-state index is -0.493. The zero-order valence-electron chi connectivity index (χ0n) is 21.1. The second kappa shape index (κ2) is 10.6. The Kier molecular flexibility index (Phi) is 8.04. The number of carbonyl (C=O) groups is 2. The van der Waals surface area contributed by atoms with Gasteiger partial charge in [0.05, 0.1) is 5.69 Å². The fraction of sp³-hybridized carbons (Fsp3) is 0.571. The van der Waals surface area contributed by atoms with Gasteiger partial charge in [-0.2, -0.15) is 0 Å². The van der Waals surface area contributed by atoms with E-state index in [0.717, 1.165) is 37.8 Å². The molecule has 0 spiro atoms. The fourth-order valence-corrected chi connectivity index (χ4v) is 4.72. The molecular weight excluding hydrogens is 412 g/mol. The molecule has 0 radical (unpaired) electrons. The van der Waals surface area contributed by atoms with Gasteiger partial charge >= 0.3 is 6.09 Å². The summed E-state index contributed by atoms with van der Waals surface area (Å²) in [6, 6.07) is 12.9. The van der Waals surface area contributed by atoms with E-state index in [1.807, 2.05) is 33.9 Å². The SMILES string of the molecule is CC(C)c1ccc(CCCC(=O)c2ccc([C@H]3CCC(NC(=O)OC(C)(C)C)C3)n2C)cc1. The number of carbonyl (C=O) groups excluding carboxylic acids is 2. The lowest BCUT2D eigenvalue weighted by atomic mass is 9.99. The Morgan fingerprint density at radius 2 is 1.79 bits per heavy atom. The number of aryl methyl sites for hydroxylation is 1. The number of nitrogens with one attached hydrogen (secondary N) is 1. The minimum absolute atomic E-state index is 0.112. The van der Waals surface area contributed by atoms with Crippen molar-refractivity contribution in [2.45, 2.75) is 96.6 Å². The number of rotatable bonds is 8. The van der Waals surface area contributed by atoms with Crippen LogP contribution >= 0.6 is 0 Å². The molecule has 1 aromatic carbocycles. The van der Waals surface area contributed by atoms with Crippen LogP contribution in [0.25, 0.3) is 0 Å². The van der Waals surface area contributed by atoms with E-state index in [0.29, 0.717) is 18.3 Å². The summed E-state index contributed by atoms with van der Waals surface area (Å²) < 4.78 is 7.44. The lowest BCUT2D eigenvalue weighted by molar-refractivity contribution is 0.0505. The largest absolute Gasteiger partial charge is 0.444 e. The van der Waals surface area contributed by atoms with E-state index in [-0.39, 0.29) is 17.9 Å². The second-order valence-corrected chi connectivity index (χ2v) is 10.7. The quantitative estimate of drug-likeness (QED) is 0.464. The fourth-order valence-electron chi connectivity index (χ4n) is 4.72. The highest BCUT2D eigenvalue weighted by atomic mass is 16.6. The van der Waals surface area contributed by atoms with Gasteiger partial charge in [-0.1, -0.05) is 38.1 Å². The van der Waals surface area contributed by atoms with Crippen molar-refractivity contribution in [1.29, 1.82) is 0 Å². The van der Waals surface area contributed by atoms with Gasteiger partial charge in [0.25, 0.3) is 0 Å². The average Bonchev–Trinajstić information content (AvgIpc) is 3.33. The van der Waals surface area contributed by atoms with Gasteiger partial charge in [0.15, 0.2) is 5.78 Å². The Morgan fingerprint density at radius 1 is 1.09 bits per heavy atom. The number of hydrogen-bond donors (Lipinski definition) is 1. The number of hydrogen-bond acceptors (Lipinski definition) is 3. The van der Waals surface area contributed by atoms with E-state index < -0.39 is 5.60 Å². The van der Waals surface area contributed by atoms with Gasteiger partial charge in [0.1, 0.15) is 5.60 Å². The molecule has 1 fully saturated rings. The number of benzene rings is 1. The molecular formula is C28H40N2O3. The van der Waals surface area contributed by atoms with Crippen LogP contribution in [0.15, 0.2) is 36.4 Å². The molecule has 5 heteroatoms. The summed E-state index contributed by atoms with van der Waals surface area (Å²) in [4.78, 5) is 25.0. The van der Waals surface area contributed by atoms with Gasteiger partial charge in [-0.25, -0.2) is 4.79 Å². The normalized spacial score (nSPS) is 18.5. The Labute approximate surface area is 198 Å². The Hall–Kier alpha value is -2.56. The number of ether oxygens (including phenoxy) is 1. The van der Waals surface area contributed by atoms with Crippen molar-refractivity contribution in [1.82, 2.24) is 9.88 Å². The number of ketones is 1. The minimum Gasteiger partial charge on any atom is -0.444 e. The summed E-state index contributed by atoms with van der Waals surface area (Å²) in [6.45, 7) is 10.0. The highest BCUT2D eigenvalue weighted by Gasteiger charge is 2.30. The molecule has 180 valence electrons. The van der Waals surface area contributed by atoms with Gasteiger partial charge in [-0.05, 0) is 82.1 Å². The summed E-state index contributed by atoms with van der Waals surface area (Å²) in [5, 5.41) is 3.00. The van der Waals surface area contributed by atoms with Crippen molar-refractivity contribution in [3.63, 3.8) is 0 Å². The standard InChI is InChI=1S/C28H40N2O3/c1-19(2)21-12-10-20(11-13-21)8-7-9-26(31)25-17-16-24(30(25)6)22-14-15-23(18-22)29-27(32)33-28(3,4)5/h10-13,16-17,19,22-23H,7-9,14-15,18H2,1-6H3,(H,29,32)/t22-,23?/m0/s1. The van der Waals surface area contributed by atoms with Crippen molar-refractivity contribution in [2.24, 2.45) is 7.05 Å². The topological polar surface area (TPSA) is 60.3 Å². The maximum Gasteiger partial charge on any atom is 0.407 e. The van der Waals surface area contributed by atoms with Crippen LogP contribution in [0.5, 0.6) is 0 Å². The molecule has 5 nitrogen and oxygen atoms in total. The van der Waals surface area contributed by atoms with Gasteiger partial charge in [-0.15, -0.1) is 0 Å². The lowest BCUT2D eigenvalue weighted by Gasteiger charge is -2.22. The van der Waals surface area contributed by atoms with Crippen LogP contribution < -0.4 is 5.32 Å². The maximum atomic E-state index is 12.9. The molecule has 1 amide bonds. The third-order valence-corrected chi connectivity index (χ3v) is 6.53. The van der Waals surface area contributed by atoms with Crippen molar-refractivity contribution < 1.29 is 14.3 Å². The smallest absolute Gasteiger partial charge is 0.407 e. The van der Waals surface area contributed by atoms with Crippen molar-refractivity contribution in [3.8, 4) is 0 Å². The van der Waals surface area contributed by atoms with E-state index in [9.17, 15) is 9.59 Å². The highest BCUT2D eigenvalue weighted by Crippen LogP contribution is 2.35. The highest BCUT2D eigenvalue weighted by molar-refractivity contribution is 5.94. The molecule has 1 unspecified atom stereocenters. The summed E-state index contributed by atoms with van der Waals surface area (Å²) >= 11 is 0. The van der Waals surface area contributed by atoms with Crippen molar-refractivity contribution in [3.05, 3.63) is 58.9 Å². The zero-order valence-corrected chi connectivity index (χ0v) is 21.1. The first kappa shape index (κ1) is 25.1. The van der Waals surface area contributed by atoms with Crippen LogP contribution in [0.1, 0.15) is 106 Å². The molecule has 33 heavy (non-hydrogen) atoms. The maximum absolute atomic E-state index is 12.9. The first-order valence-corrected chi connectivity index (χ1v) is 12.3. The van der Waals surface area contributed by atoms with Crippen LogP contribution in [-0.2, 0) is 18.2 Å². The average molecular weight is 453 g/mol. The summed E-state index contributed by atoms with van der Waals surface area (Å²) in [7, 11) is 1.99. The summed E-state index contributed by atoms with van der Waals surface area (Å²) in [5.74, 6) is 1.08. The molecule has 2 atom stereocenters. The predicted octanol–water partition coefficient (Wildman–Crippen LogP) is 6.51. The third kappa shape index (κ3) is 6.96. The Morgan fingerprint density at radius 3 is 2.42 bits per heavy atom. The van der Waals surface area contributed by atoms with Crippen LogP contribution in [0.4, 0.5) is 4.79 Å². The summed E-state index contributed by atoms with van der Waals surface area (Å²) in [5.41, 5.74) is 4.10. The van der Waals surface area contributed by atoms with E-state index in [2.05, 4.69) is 54.1 Å². The Balaban J connectivity index is 1.50. The molecule has 3 rings (SSSR count). The molecule has 1 saturated carbocycles. The van der Waals surface area contributed by atoms with Crippen LogP contribution in [-0.4, -0.2) is 28.1 Å². The number of amides is 1. The van der Waals surface area contributed by atoms with Gasteiger partial charge < -0.3 is 14.6 Å². The van der Waals surface area contributed by atoms with Crippen molar-refractivity contribution in [2.75, 3.05) is 0 Å². The zero-order chi connectivity index (χ0) is 24.2. The molecule has 1 N–H and O–H groups in total. The molecule has 0 saturated heterocycles. The van der Waals surface area contributed by atoms with Crippen LogP contribution in [0.3, 0.4) is 0 Å². The molecule has 1 aliphatic rings. The van der Waals surface area contributed by atoms with Crippen molar-refractivity contribution >= 4 is 11.9 Å². The molecule has 2 aromatic rings.